The van der Waals surface area contributed by atoms with Crippen molar-refractivity contribution in [2.75, 3.05) is 28.2 Å². The summed E-state index contributed by atoms with van der Waals surface area (Å²) in [5, 5.41) is 2.88. The highest BCUT2D eigenvalue weighted by molar-refractivity contribution is 6.04. The predicted octanol–water partition coefficient (Wildman–Crippen LogP) is 3.62. The lowest BCUT2D eigenvalue weighted by Crippen LogP contribution is -2.48. The maximum Gasteiger partial charge on any atom is 0.327 e. The first kappa shape index (κ1) is 17.5. The van der Waals surface area contributed by atoms with Crippen molar-refractivity contribution < 1.29 is 9.18 Å². The molecule has 3 aromatic rings. The first-order valence-corrected chi connectivity index (χ1v) is 9.49. The Kier molecular flexibility index (Phi) is 4.12. The minimum atomic E-state index is -0.410. The van der Waals surface area contributed by atoms with Crippen LogP contribution in [-0.2, 0) is 0 Å². The van der Waals surface area contributed by atoms with E-state index in [0.717, 1.165) is 18.7 Å². The van der Waals surface area contributed by atoms with Crippen molar-refractivity contribution in [3.8, 4) is 11.3 Å². The molecule has 1 N–H and O–H groups in total. The Morgan fingerprint density at radius 3 is 2.97 bits per heavy atom. The van der Waals surface area contributed by atoms with Gasteiger partial charge in [0.25, 0.3) is 0 Å². The molecule has 0 unspecified atom stereocenters. The molecular weight excluding hydrogens is 371 g/mol. The molecule has 1 fully saturated rings. The number of urea groups is 1. The lowest BCUT2D eigenvalue weighted by molar-refractivity contribution is 0.255. The van der Waals surface area contributed by atoms with E-state index in [2.05, 4.69) is 25.2 Å². The van der Waals surface area contributed by atoms with Gasteiger partial charge in [-0.25, -0.2) is 14.2 Å². The zero-order chi connectivity index (χ0) is 20.0. The summed E-state index contributed by atoms with van der Waals surface area (Å²) in [6, 6.07) is 8.23. The van der Waals surface area contributed by atoms with Crippen LogP contribution in [0.4, 0.5) is 26.4 Å². The van der Waals surface area contributed by atoms with Gasteiger partial charge in [0.15, 0.2) is 11.6 Å². The Bertz CT molecular complexity index is 1090. The van der Waals surface area contributed by atoms with Crippen LogP contribution in [0.3, 0.4) is 0 Å². The maximum atomic E-state index is 15.0. The molecule has 146 valence electrons. The van der Waals surface area contributed by atoms with Crippen molar-refractivity contribution in [1.29, 1.82) is 0 Å². The summed E-state index contributed by atoms with van der Waals surface area (Å²) in [5.74, 6) is 0.0679. The average Bonchev–Trinajstić information content (AvgIpc) is 3.14. The van der Waals surface area contributed by atoms with Gasteiger partial charge in [0.1, 0.15) is 5.69 Å². The summed E-state index contributed by atoms with van der Waals surface area (Å²) in [4.78, 5) is 29.7. The van der Waals surface area contributed by atoms with Crippen molar-refractivity contribution in [2.45, 2.75) is 19.4 Å². The van der Waals surface area contributed by atoms with Gasteiger partial charge in [-0.15, -0.1) is 0 Å². The Balaban J connectivity index is 1.58. The van der Waals surface area contributed by atoms with E-state index < -0.39 is 5.82 Å². The topological polar surface area (TPSA) is 74.2 Å². The molecule has 29 heavy (non-hydrogen) atoms. The van der Waals surface area contributed by atoms with Crippen LogP contribution in [-0.4, -0.2) is 40.1 Å². The van der Waals surface area contributed by atoms with E-state index in [9.17, 15) is 9.18 Å². The van der Waals surface area contributed by atoms with Crippen LogP contribution in [0.15, 0.2) is 48.9 Å². The molecule has 0 spiro atoms. The van der Waals surface area contributed by atoms with Crippen molar-refractivity contribution in [3.63, 3.8) is 0 Å². The fraction of sp³-hybridized carbons (Fsp3) is 0.238. The predicted molar refractivity (Wildman–Crippen MR) is 109 cm³/mol. The number of aryl methyl sites for hydroxylation is 1. The van der Waals surface area contributed by atoms with Crippen LogP contribution in [0.5, 0.6) is 0 Å². The number of hydrogen-bond acceptors (Lipinski definition) is 5. The average molecular weight is 390 g/mol. The van der Waals surface area contributed by atoms with Crippen LogP contribution in [0.2, 0.25) is 0 Å². The number of carbonyl (C=O) groups excluding carboxylic acids is 1. The van der Waals surface area contributed by atoms with Crippen molar-refractivity contribution >= 4 is 23.2 Å². The number of fused-ring (bicyclic) bond motifs is 4. The third kappa shape index (κ3) is 3.06. The van der Waals surface area contributed by atoms with Gasteiger partial charge in [0.05, 0.1) is 23.6 Å². The highest BCUT2D eigenvalue weighted by atomic mass is 19.1. The number of pyridine rings is 3. The zero-order valence-corrected chi connectivity index (χ0v) is 15.8. The summed E-state index contributed by atoms with van der Waals surface area (Å²) in [7, 11) is 0. The molecular formula is C21H19FN6O. The van der Waals surface area contributed by atoms with Crippen LogP contribution in [0, 0.1) is 12.7 Å². The fourth-order valence-corrected chi connectivity index (χ4v) is 4.00. The van der Waals surface area contributed by atoms with Gasteiger partial charge < -0.3 is 10.2 Å². The molecule has 2 aliphatic heterocycles. The smallest absolute Gasteiger partial charge is 0.327 e. The van der Waals surface area contributed by atoms with Gasteiger partial charge in [-0.3, -0.25) is 14.9 Å². The number of aromatic nitrogens is 3. The molecule has 2 aliphatic rings. The minimum absolute atomic E-state index is 0.0100. The van der Waals surface area contributed by atoms with E-state index >= 15 is 0 Å². The molecule has 3 aromatic heterocycles. The first-order valence-electron chi connectivity index (χ1n) is 9.49. The van der Waals surface area contributed by atoms with Crippen molar-refractivity contribution in [1.82, 2.24) is 15.0 Å². The number of nitrogens with zero attached hydrogens (tertiary/aromatic N) is 5. The van der Waals surface area contributed by atoms with Crippen LogP contribution in [0.25, 0.3) is 11.3 Å². The summed E-state index contributed by atoms with van der Waals surface area (Å²) in [6.07, 6.45) is 5.68. The number of halogens is 1. The number of rotatable bonds is 2. The number of carbonyl (C=O) groups is 1. The lowest BCUT2D eigenvalue weighted by Gasteiger charge is -2.36. The monoisotopic (exact) mass is 390 g/mol. The van der Waals surface area contributed by atoms with Crippen molar-refractivity contribution in [3.05, 3.63) is 60.4 Å². The van der Waals surface area contributed by atoms with E-state index in [4.69, 9.17) is 0 Å². The lowest BCUT2D eigenvalue weighted by atomic mass is 10.1. The normalized spacial score (nSPS) is 17.2. The minimum Gasteiger partial charge on any atom is -0.366 e. The summed E-state index contributed by atoms with van der Waals surface area (Å²) < 4.78 is 15.0. The molecule has 0 radical (unpaired) electrons. The molecule has 0 aromatic carbocycles. The van der Waals surface area contributed by atoms with Crippen molar-refractivity contribution in [2.24, 2.45) is 0 Å². The van der Waals surface area contributed by atoms with Gasteiger partial charge in [-0.05, 0) is 37.6 Å². The van der Waals surface area contributed by atoms with Crippen LogP contribution in [0.1, 0.15) is 12.1 Å². The SMILES string of the molecule is Cc1cc(-c2nc3c(cc2F)N2CC[C@@H](C2)N3C(=O)Nc2cccnc2)ccn1. The molecule has 0 aliphatic carbocycles. The Labute approximate surface area is 167 Å². The third-order valence-corrected chi connectivity index (χ3v) is 5.34. The second kappa shape index (κ2) is 6.80. The van der Waals surface area contributed by atoms with E-state index in [-0.39, 0.29) is 17.8 Å². The van der Waals surface area contributed by atoms with Crippen LogP contribution >= 0.6 is 0 Å². The number of anilines is 3. The largest absolute Gasteiger partial charge is 0.366 e. The molecule has 2 amide bonds. The fourth-order valence-electron chi connectivity index (χ4n) is 4.00. The van der Waals surface area contributed by atoms with Crippen LogP contribution < -0.4 is 15.1 Å². The van der Waals surface area contributed by atoms with Gasteiger partial charge in [-0.1, -0.05) is 0 Å². The molecule has 8 heteroatoms. The van der Waals surface area contributed by atoms with E-state index in [1.165, 1.54) is 6.07 Å². The van der Waals surface area contributed by atoms with Gasteiger partial charge in [0, 0.05) is 42.8 Å². The molecule has 1 atom stereocenters. The van der Waals surface area contributed by atoms with Gasteiger partial charge in [0.2, 0.25) is 0 Å². The molecule has 2 bridgehead atoms. The molecule has 1 saturated heterocycles. The van der Waals surface area contributed by atoms with E-state index in [0.29, 0.717) is 29.3 Å². The zero-order valence-electron chi connectivity index (χ0n) is 15.8. The Hall–Kier alpha value is -3.55. The number of amides is 2. The highest BCUT2D eigenvalue weighted by Gasteiger charge is 2.41. The number of nitrogens with one attached hydrogen (secondary N) is 1. The Morgan fingerprint density at radius 2 is 2.17 bits per heavy atom. The third-order valence-electron chi connectivity index (χ3n) is 5.34. The first-order chi connectivity index (χ1) is 14.1. The quantitative estimate of drug-likeness (QED) is 0.724. The molecule has 0 saturated carbocycles. The second-order valence-electron chi connectivity index (χ2n) is 7.28. The molecule has 5 heterocycles. The van der Waals surface area contributed by atoms with Gasteiger partial charge in [-0.2, -0.15) is 0 Å². The van der Waals surface area contributed by atoms with E-state index in [1.807, 2.05) is 6.92 Å². The standard InChI is InChI=1S/C21H19FN6O/c1-13-9-14(4-7-24-13)19-17(22)10-18-20(26-19)28(16-5-8-27(18)12-16)21(29)25-15-3-2-6-23-11-15/h2-4,6-7,9-11,16H,5,8,12H2,1H3,(H,25,29)/t16-/m0/s1. The summed E-state index contributed by atoms with van der Waals surface area (Å²) in [5.41, 5.74) is 2.88. The second-order valence-corrected chi connectivity index (χ2v) is 7.28. The molecule has 7 nitrogen and oxygen atoms in total. The molecule has 5 rings (SSSR count). The summed E-state index contributed by atoms with van der Waals surface area (Å²) in [6.45, 7) is 3.28. The maximum absolute atomic E-state index is 15.0. The summed E-state index contributed by atoms with van der Waals surface area (Å²) >= 11 is 0. The highest BCUT2D eigenvalue weighted by Crippen LogP contribution is 2.41. The number of hydrogen-bond donors (Lipinski definition) is 1. The van der Waals surface area contributed by atoms with Gasteiger partial charge >= 0.3 is 6.03 Å². The van der Waals surface area contributed by atoms with E-state index in [1.54, 1.807) is 47.8 Å². The Morgan fingerprint density at radius 1 is 1.28 bits per heavy atom.